The maximum absolute atomic E-state index is 9.92. The third kappa shape index (κ3) is 2.85. The Kier molecular flexibility index (Phi) is 4.66. The van der Waals surface area contributed by atoms with Gasteiger partial charge in [-0.1, -0.05) is 5.11 Å². The molecule has 9 nitrogen and oxygen atoms in total. The van der Waals surface area contributed by atoms with Gasteiger partial charge < -0.3 is 30.3 Å². The van der Waals surface area contributed by atoms with Crippen molar-refractivity contribution in [2.24, 2.45) is 5.11 Å². The molecule has 0 unspecified atom stereocenters. The minimum Gasteiger partial charge on any atom is -0.394 e. The second-order valence-electron chi connectivity index (χ2n) is 3.81. The Bertz CT molecular complexity index is 308. The Morgan fingerprint density at radius 1 is 1.29 bits per heavy atom. The van der Waals surface area contributed by atoms with Gasteiger partial charge in [-0.25, -0.2) is 0 Å². The quantitative estimate of drug-likeness (QED) is 0.217. The van der Waals surface area contributed by atoms with Gasteiger partial charge in [-0.05, 0) is 5.53 Å². The van der Waals surface area contributed by atoms with E-state index in [1.54, 1.807) is 0 Å². The van der Waals surface area contributed by atoms with Crippen LogP contribution in [0.15, 0.2) is 5.11 Å². The van der Waals surface area contributed by atoms with Crippen molar-refractivity contribution in [2.75, 3.05) is 13.2 Å². The molecule has 0 bridgehead atoms. The molecular weight excluding hydrogens is 234 g/mol. The number of ether oxygens (including phenoxy) is 1. The first kappa shape index (κ1) is 14.1. The average molecular weight is 249 g/mol. The monoisotopic (exact) mass is 249 g/mol. The smallest absolute Gasteiger partial charge is 0.195 e. The number of rotatable bonds is 4. The van der Waals surface area contributed by atoms with Crippen LogP contribution in [-0.2, 0) is 4.74 Å². The molecule has 5 atom stereocenters. The molecular formula is C8H15N3O6. The van der Waals surface area contributed by atoms with E-state index in [0.717, 1.165) is 0 Å². The van der Waals surface area contributed by atoms with Crippen molar-refractivity contribution in [2.45, 2.75) is 36.6 Å². The van der Waals surface area contributed by atoms with Crippen molar-refractivity contribution in [3.8, 4) is 0 Å². The van der Waals surface area contributed by atoms with Gasteiger partial charge in [-0.15, -0.1) is 0 Å². The van der Waals surface area contributed by atoms with Gasteiger partial charge in [-0.3, -0.25) is 0 Å². The average Bonchev–Trinajstić information content (AvgIpc) is 2.32. The van der Waals surface area contributed by atoms with E-state index in [2.05, 4.69) is 10.0 Å². The molecule has 17 heavy (non-hydrogen) atoms. The van der Waals surface area contributed by atoms with E-state index in [1.807, 2.05) is 0 Å². The fourth-order valence-corrected chi connectivity index (χ4v) is 1.68. The predicted molar refractivity (Wildman–Crippen MR) is 53.6 cm³/mol. The van der Waals surface area contributed by atoms with Crippen LogP contribution < -0.4 is 0 Å². The normalized spacial score (nSPS) is 41.9. The molecule has 1 heterocycles. The lowest BCUT2D eigenvalue weighted by atomic mass is 9.91. The van der Waals surface area contributed by atoms with Crippen LogP contribution in [0, 0.1) is 0 Å². The first-order valence-corrected chi connectivity index (χ1v) is 5.02. The van der Waals surface area contributed by atoms with Gasteiger partial charge >= 0.3 is 0 Å². The number of nitrogens with zero attached hydrogens (tertiary/aromatic N) is 3. The largest absolute Gasteiger partial charge is 0.394 e. The summed E-state index contributed by atoms with van der Waals surface area (Å²) in [4.78, 5) is 2.46. The van der Waals surface area contributed by atoms with E-state index in [9.17, 15) is 20.4 Å². The molecule has 0 aliphatic carbocycles. The summed E-state index contributed by atoms with van der Waals surface area (Å²) in [5.41, 5.74) is 8.08. The number of hydrogen-bond donors (Lipinski definition) is 5. The zero-order valence-corrected chi connectivity index (χ0v) is 8.92. The van der Waals surface area contributed by atoms with E-state index < -0.39 is 36.8 Å². The zero-order valence-electron chi connectivity index (χ0n) is 8.92. The summed E-state index contributed by atoms with van der Waals surface area (Å²) in [5.74, 6) is -2.17. The zero-order chi connectivity index (χ0) is 13.1. The van der Waals surface area contributed by atoms with Crippen molar-refractivity contribution in [3.63, 3.8) is 0 Å². The fourth-order valence-electron chi connectivity index (χ4n) is 1.68. The van der Waals surface area contributed by atoms with E-state index in [1.165, 1.54) is 0 Å². The van der Waals surface area contributed by atoms with Gasteiger partial charge in [-0.2, -0.15) is 0 Å². The van der Waals surface area contributed by atoms with Crippen molar-refractivity contribution in [1.82, 2.24) is 0 Å². The minimum atomic E-state index is -2.17. The van der Waals surface area contributed by atoms with Crippen molar-refractivity contribution in [3.05, 3.63) is 10.4 Å². The van der Waals surface area contributed by atoms with Gasteiger partial charge in [0.2, 0.25) is 0 Å². The summed E-state index contributed by atoms with van der Waals surface area (Å²) in [7, 11) is 0. The fraction of sp³-hybridized carbons (Fsp3) is 1.00. The highest BCUT2D eigenvalue weighted by Gasteiger charge is 2.51. The molecule has 0 aromatic rings. The molecule has 0 radical (unpaired) electrons. The van der Waals surface area contributed by atoms with Crippen molar-refractivity contribution < 1.29 is 30.3 Å². The van der Waals surface area contributed by atoms with Crippen LogP contribution in [0.1, 0.15) is 6.42 Å². The Balaban J connectivity index is 2.79. The first-order valence-electron chi connectivity index (χ1n) is 5.02. The number of hydrogen-bond acceptors (Lipinski definition) is 7. The summed E-state index contributed by atoms with van der Waals surface area (Å²) in [6.45, 7) is -0.792. The van der Waals surface area contributed by atoms with Gasteiger partial charge in [0.1, 0.15) is 24.4 Å². The second kappa shape index (κ2) is 5.61. The van der Waals surface area contributed by atoms with E-state index in [4.69, 9.17) is 15.4 Å². The van der Waals surface area contributed by atoms with Gasteiger partial charge in [0.25, 0.3) is 0 Å². The van der Waals surface area contributed by atoms with Crippen LogP contribution >= 0.6 is 0 Å². The predicted octanol–water partition coefficient (Wildman–Crippen LogP) is -2.15. The molecule has 0 aromatic carbocycles. The topological polar surface area (TPSA) is 159 Å². The standard InChI is InChI=1S/C8H15N3O6/c9-11-10-2-1-8(16)7(15)6(14)5(13)4(3-12)17-8/h4-7,12-16H,1-3H2/t4-,5-,6+,7+,8+/m1/s1. The Labute approximate surface area is 96.5 Å². The van der Waals surface area contributed by atoms with Gasteiger partial charge in [0.15, 0.2) is 5.79 Å². The summed E-state index contributed by atoms with van der Waals surface area (Å²) < 4.78 is 4.93. The van der Waals surface area contributed by atoms with Crippen LogP contribution in [0.4, 0.5) is 0 Å². The van der Waals surface area contributed by atoms with Gasteiger partial charge in [0, 0.05) is 17.9 Å². The summed E-state index contributed by atoms with van der Waals surface area (Å²) in [6.07, 6.45) is -6.40. The molecule has 1 fully saturated rings. The van der Waals surface area contributed by atoms with Crippen LogP contribution in [0.25, 0.3) is 10.4 Å². The first-order chi connectivity index (χ1) is 7.96. The highest BCUT2D eigenvalue weighted by Crippen LogP contribution is 2.30. The molecule has 1 saturated heterocycles. The second-order valence-corrected chi connectivity index (χ2v) is 3.81. The van der Waals surface area contributed by atoms with E-state index >= 15 is 0 Å². The molecule has 5 N–H and O–H groups in total. The molecule has 0 aromatic heterocycles. The van der Waals surface area contributed by atoms with Crippen LogP contribution in [0.3, 0.4) is 0 Å². The molecule has 0 amide bonds. The SMILES string of the molecule is [N-]=[N+]=NCC[C@]1(O)O[C@H](CO)[C@@H](O)[C@H](O)[C@@H]1O. The third-order valence-electron chi connectivity index (χ3n) is 2.69. The molecule has 1 aliphatic heterocycles. The summed E-state index contributed by atoms with van der Waals surface area (Å²) in [6, 6.07) is 0. The number of aliphatic hydroxyl groups excluding tert-OH is 4. The van der Waals surface area contributed by atoms with Crippen molar-refractivity contribution in [1.29, 1.82) is 0 Å². The minimum absolute atomic E-state index is 0.162. The highest BCUT2D eigenvalue weighted by molar-refractivity contribution is 4.96. The molecule has 0 saturated carbocycles. The molecule has 0 spiro atoms. The molecule has 1 aliphatic rings. The highest BCUT2D eigenvalue weighted by atomic mass is 16.7. The maximum atomic E-state index is 9.92. The Morgan fingerprint density at radius 3 is 2.47 bits per heavy atom. The summed E-state index contributed by atoms with van der Waals surface area (Å²) in [5, 5.41) is 50.5. The van der Waals surface area contributed by atoms with Crippen LogP contribution in [0.2, 0.25) is 0 Å². The van der Waals surface area contributed by atoms with E-state index in [-0.39, 0.29) is 13.0 Å². The third-order valence-corrected chi connectivity index (χ3v) is 2.69. The van der Waals surface area contributed by atoms with Gasteiger partial charge in [0.05, 0.1) is 6.61 Å². The summed E-state index contributed by atoms with van der Waals surface area (Å²) >= 11 is 0. The lowest BCUT2D eigenvalue weighted by Gasteiger charge is -2.45. The molecule has 9 heteroatoms. The van der Waals surface area contributed by atoms with Crippen molar-refractivity contribution >= 4 is 0 Å². The number of azide groups is 1. The lowest BCUT2D eigenvalue weighted by molar-refractivity contribution is -0.350. The number of aliphatic hydroxyl groups is 5. The van der Waals surface area contributed by atoms with Crippen LogP contribution in [0.5, 0.6) is 0 Å². The molecule has 1 rings (SSSR count). The Hall–Kier alpha value is -0.930. The lowest BCUT2D eigenvalue weighted by Crippen LogP contribution is -2.65. The Morgan fingerprint density at radius 2 is 1.94 bits per heavy atom. The molecule has 98 valence electrons. The van der Waals surface area contributed by atoms with E-state index in [0.29, 0.717) is 0 Å². The van der Waals surface area contributed by atoms with Crippen LogP contribution in [-0.4, -0.2) is 68.9 Å². The maximum Gasteiger partial charge on any atom is 0.195 e.